The van der Waals surface area contributed by atoms with Crippen LogP contribution in [0.15, 0.2) is 34.8 Å². The van der Waals surface area contributed by atoms with Crippen molar-refractivity contribution in [2.24, 2.45) is 0 Å². The second-order valence-corrected chi connectivity index (χ2v) is 5.93. The number of hydrogen-bond donors (Lipinski definition) is 0. The van der Waals surface area contributed by atoms with Gasteiger partial charge in [-0.15, -0.1) is 11.3 Å². The lowest BCUT2D eigenvalue weighted by Gasteiger charge is -2.05. The van der Waals surface area contributed by atoms with E-state index in [9.17, 15) is 9.18 Å². The highest BCUT2D eigenvalue weighted by atomic mass is 79.9. The summed E-state index contributed by atoms with van der Waals surface area (Å²) < 4.78 is 18.9. The monoisotopic (exact) mass is 328 g/mol. The summed E-state index contributed by atoms with van der Waals surface area (Å²) in [5, 5.41) is 0. The van der Waals surface area contributed by atoms with E-state index in [0.29, 0.717) is 15.1 Å². The van der Waals surface area contributed by atoms with Crippen LogP contribution in [-0.4, -0.2) is 12.4 Å². The van der Waals surface area contributed by atoms with E-state index in [0.717, 1.165) is 4.88 Å². The van der Waals surface area contributed by atoms with Gasteiger partial charge in [0.15, 0.2) is 6.61 Å². The number of ether oxygens (including phenoxy) is 1. The number of benzene rings is 1. The van der Waals surface area contributed by atoms with Crippen LogP contribution < -0.4 is 4.74 Å². The molecule has 0 radical (unpaired) electrons. The number of Topliss-reactive ketones (excluding diaryl/α,β-unsaturated/α-hetero) is 1. The fourth-order valence-corrected chi connectivity index (χ4v) is 2.65. The minimum atomic E-state index is -0.404. The van der Waals surface area contributed by atoms with Gasteiger partial charge in [-0.2, -0.15) is 0 Å². The van der Waals surface area contributed by atoms with Crippen LogP contribution in [0, 0.1) is 12.7 Å². The van der Waals surface area contributed by atoms with Gasteiger partial charge in [-0.1, -0.05) is 15.9 Å². The third kappa shape index (κ3) is 3.40. The fraction of sp³-hybridized carbons (Fsp3) is 0.154. The predicted molar refractivity (Wildman–Crippen MR) is 73.0 cm³/mol. The van der Waals surface area contributed by atoms with Crippen molar-refractivity contribution in [3.63, 3.8) is 0 Å². The minimum absolute atomic E-state index is 0.0875. The van der Waals surface area contributed by atoms with Gasteiger partial charge < -0.3 is 4.74 Å². The van der Waals surface area contributed by atoms with Crippen molar-refractivity contribution < 1.29 is 13.9 Å². The smallest absolute Gasteiger partial charge is 0.210 e. The molecule has 18 heavy (non-hydrogen) atoms. The maximum atomic E-state index is 13.1. The molecule has 0 bridgehead atoms. The number of carbonyl (C=O) groups excluding carboxylic acids is 1. The van der Waals surface area contributed by atoms with Crippen molar-refractivity contribution in [2.45, 2.75) is 6.92 Å². The summed E-state index contributed by atoms with van der Waals surface area (Å²) in [6.45, 7) is 1.85. The maximum Gasteiger partial charge on any atom is 0.210 e. The zero-order valence-electron chi connectivity index (χ0n) is 9.57. The van der Waals surface area contributed by atoms with E-state index in [-0.39, 0.29) is 12.4 Å². The molecule has 1 heterocycles. The number of carbonyl (C=O) groups is 1. The molecule has 0 saturated carbocycles. The summed E-state index contributed by atoms with van der Waals surface area (Å²) >= 11 is 4.59. The van der Waals surface area contributed by atoms with Crippen molar-refractivity contribution in [3.8, 4) is 5.75 Å². The zero-order chi connectivity index (χ0) is 13.1. The molecule has 0 amide bonds. The summed E-state index contributed by atoms with van der Waals surface area (Å²) in [5.41, 5.74) is 0. The van der Waals surface area contributed by atoms with Crippen LogP contribution in [-0.2, 0) is 0 Å². The molecular weight excluding hydrogens is 319 g/mol. The first-order valence-electron chi connectivity index (χ1n) is 5.23. The quantitative estimate of drug-likeness (QED) is 0.785. The largest absolute Gasteiger partial charge is 0.485 e. The first-order valence-corrected chi connectivity index (χ1v) is 6.84. The molecule has 0 aliphatic carbocycles. The normalized spacial score (nSPS) is 10.4. The lowest BCUT2D eigenvalue weighted by atomic mass is 10.3. The molecule has 94 valence electrons. The summed E-state index contributed by atoms with van der Waals surface area (Å²) in [6, 6.07) is 7.86. The Morgan fingerprint density at radius 2 is 2.17 bits per heavy atom. The first-order chi connectivity index (χ1) is 8.54. The topological polar surface area (TPSA) is 26.3 Å². The van der Waals surface area contributed by atoms with E-state index in [1.54, 1.807) is 12.1 Å². The van der Waals surface area contributed by atoms with Crippen LogP contribution in [0.3, 0.4) is 0 Å². The summed E-state index contributed by atoms with van der Waals surface area (Å²) in [6.07, 6.45) is 0. The highest BCUT2D eigenvalue weighted by Crippen LogP contribution is 2.21. The molecule has 0 unspecified atom stereocenters. The van der Waals surface area contributed by atoms with Crippen LogP contribution in [0.4, 0.5) is 4.39 Å². The number of thiophene rings is 1. The Kier molecular flexibility index (Phi) is 4.14. The molecule has 1 aromatic carbocycles. The predicted octanol–water partition coefficient (Wildman–Crippen LogP) is 4.22. The Balaban J connectivity index is 2.01. The van der Waals surface area contributed by atoms with Crippen molar-refractivity contribution in [1.82, 2.24) is 0 Å². The zero-order valence-corrected chi connectivity index (χ0v) is 12.0. The summed E-state index contributed by atoms with van der Waals surface area (Å²) in [7, 11) is 0. The van der Waals surface area contributed by atoms with Gasteiger partial charge in [-0.3, -0.25) is 4.79 Å². The van der Waals surface area contributed by atoms with Gasteiger partial charge in [0, 0.05) is 15.4 Å². The van der Waals surface area contributed by atoms with Crippen molar-refractivity contribution >= 4 is 33.0 Å². The first kappa shape index (κ1) is 13.2. The van der Waals surface area contributed by atoms with Gasteiger partial charge in [0.05, 0.1) is 4.88 Å². The van der Waals surface area contributed by atoms with Crippen LogP contribution >= 0.6 is 27.3 Å². The van der Waals surface area contributed by atoms with Crippen molar-refractivity contribution in [2.75, 3.05) is 6.61 Å². The second kappa shape index (κ2) is 5.63. The summed E-state index contributed by atoms with van der Waals surface area (Å²) in [4.78, 5) is 13.5. The Bertz CT molecular complexity index is 560. The Morgan fingerprint density at radius 3 is 2.78 bits per heavy atom. The number of rotatable bonds is 4. The van der Waals surface area contributed by atoms with Crippen LogP contribution in [0.1, 0.15) is 14.5 Å². The fourth-order valence-electron chi connectivity index (χ4n) is 1.42. The van der Waals surface area contributed by atoms with Gasteiger partial charge in [-0.25, -0.2) is 4.39 Å². The Hall–Kier alpha value is -1.20. The van der Waals surface area contributed by atoms with E-state index in [2.05, 4.69) is 15.9 Å². The van der Waals surface area contributed by atoms with Gasteiger partial charge in [0.2, 0.25) is 5.78 Å². The molecule has 2 rings (SSSR count). The number of ketones is 1. The molecule has 0 fully saturated rings. The second-order valence-electron chi connectivity index (χ2n) is 3.73. The highest BCUT2D eigenvalue weighted by Gasteiger charge is 2.09. The minimum Gasteiger partial charge on any atom is -0.485 e. The van der Waals surface area contributed by atoms with Gasteiger partial charge in [0.25, 0.3) is 0 Å². The van der Waals surface area contributed by atoms with E-state index in [1.807, 2.05) is 13.0 Å². The van der Waals surface area contributed by atoms with E-state index < -0.39 is 5.82 Å². The maximum absolute atomic E-state index is 13.1. The SMILES string of the molecule is Cc1ccc(C(=O)COc2cc(F)cc(Br)c2)s1. The van der Waals surface area contributed by atoms with Crippen LogP contribution in [0.2, 0.25) is 0 Å². The van der Waals surface area contributed by atoms with Crippen LogP contribution in [0.25, 0.3) is 0 Å². The molecule has 0 atom stereocenters. The van der Waals surface area contributed by atoms with Crippen molar-refractivity contribution in [3.05, 3.63) is 50.4 Å². The molecule has 0 aliphatic heterocycles. The van der Waals surface area contributed by atoms with E-state index in [1.165, 1.54) is 23.5 Å². The molecule has 2 nitrogen and oxygen atoms in total. The molecule has 5 heteroatoms. The average molecular weight is 329 g/mol. The molecule has 0 saturated heterocycles. The van der Waals surface area contributed by atoms with Gasteiger partial charge in [-0.05, 0) is 31.2 Å². The average Bonchev–Trinajstić information content (AvgIpc) is 2.71. The number of hydrogen-bond acceptors (Lipinski definition) is 3. The molecule has 0 aliphatic rings. The molecule has 1 aromatic heterocycles. The summed E-state index contributed by atoms with van der Waals surface area (Å²) in [5.74, 6) is -0.171. The number of aryl methyl sites for hydroxylation is 1. The third-order valence-corrected chi connectivity index (χ3v) is 3.72. The lowest BCUT2D eigenvalue weighted by molar-refractivity contribution is 0.0925. The van der Waals surface area contributed by atoms with E-state index in [4.69, 9.17) is 4.74 Å². The lowest BCUT2D eigenvalue weighted by Crippen LogP contribution is -2.10. The van der Waals surface area contributed by atoms with Gasteiger partial charge in [0.1, 0.15) is 11.6 Å². The Morgan fingerprint density at radius 1 is 1.39 bits per heavy atom. The van der Waals surface area contributed by atoms with Crippen LogP contribution in [0.5, 0.6) is 5.75 Å². The molecule has 0 spiro atoms. The number of halogens is 2. The standard InChI is InChI=1S/C13H10BrFO2S/c1-8-2-3-13(18-8)12(16)7-17-11-5-9(14)4-10(15)6-11/h2-6H,7H2,1H3. The molecular formula is C13H10BrFO2S. The third-order valence-electron chi connectivity index (χ3n) is 2.22. The van der Waals surface area contributed by atoms with E-state index >= 15 is 0 Å². The Labute approximate surface area is 117 Å². The van der Waals surface area contributed by atoms with Gasteiger partial charge >= 0.3 is 0 Å². The highest BCUT2D eigenvalue weighted by molar-refractivity contribution is 9.10. The molecule has 0 N–H and O–H groups in total. The molecule has 2 aromatic rings. The van der Waals surface area contributed by atoms with Crippen molar-refractivity contribution in [1.29, 1.82) is 0 Å².